The molecule has 0 aliphatic rings. The molecule has 2 N–H and O–H groups in total. The van der Waals surface area contributed by atoms with Gasteiger partial charge in [-0.15, -0.1) is 5.11 Å². The molecule has 0 saturated heterocycles. The minimum Gasteiger partial charge on any atom is -0.510 e. The van der Waals surface area contributed by atoms with Gasteiger partial charge in [0.2, 0.25) is 0 Å². The Morgan fingerprint density at radius 3 is 2.39 bits per heavy atom. The summed E-state index contributed by atoms with van der Waals surface area (Å²) >= 11 is 0. The minimum absolute atomic E-state index is 0.167. The van der Waals surface area contributed by atoms with Crippen molar-refractivity contribution in [2.45, 2.75) is 6.92 Å². The van der Waals surface area contributed by atoms with Crippen LogP contribution in [0.5, 0.6) is 5.75 Å². The van der Waals surface area contributed by atoms with Crippen LogP contribution in [0.1, 0.15) is 6.92 Å². The highest BCUT2D eigenvalue weighted by molar-refractivity contribution is 6.04. The van der Waals surface area contributed by atoms with Crippen molar-refractivity contribution in [2.75, 3.05) is 12.4 Å². The van der Waals surface area contributed by atoms with Crippen LogP contribution < -0.4 is 10.1 Å². The molecule has 2 aromatic carbocycles. The summed E-state index contributed by atoms with van der Waals surface area (Å²) in [6.45, 7) is 1.38. The summed E-state index contributed by atoms with van der Waals surface area (Å²) in [5.74, 6) is -0.290. The summed E-state index contributed by atoms with van der Waals surface area (Å²) in [6, 6.07) is 15.9. The van der Waals surface area contributed by atoms with E-state index in [2.05, 4.69) is 15.5 Å². The van der Waals surface area contributed by atoms with Crippen molar-refractivity contribution in [3.8, 4) is 5.75 Å². The Morgan fingerprint density at radius 2 is 1.74 bits per heavy atom. The normalized spacial score (nSPS) is 11.9. The van der Waals surface area contributed by atoms with Crippen molar-refractivity contribution in [1.29, 1.82) is 0 Å². The summed E-state index contributed by atoms with van der Waals surface area (Å²) in [7, 11) is 1.51. The van der Waals surface area contributed by atoms with E-state index >= 15 is 0 Å². The van der Waals surface area contributed by atoms with Crippen LogP contribution in [0.25, 0.3) is 0 Å². The molecule has 0 bridgehead atoms. The number of rotatable bonds is 5. The highest BCUT2D eigenvalue weighted by Crippen LogP contribution is 2.24. The predicted molar refractivity (Wildman–Crippen MR) is 87.9 cm³/mol. The SMILES string of the molecule is COc1ccccc1NC(=O)C(N=Nc1ccccc1)=C(C)O. The second-order valence-electron chi connectivity index (χ2n) is 4.62. The first kappa shape index (κ1) is 16.2. The number of nitrogens with one attached hydrogen (secondary N) is 1. The average molecular weight is 311 g/mol. The third-order valence-corrected chi connectivity index (χ3v) is 2.93. The van der Waals surface area contributed by atoms with E-state index in [9.17, 15) is 9.90 Å². The first-order chi connectivity index (χ1) is 11.1. The quantitative estimate of drug-likeness (QED) is 0.493. The maximum absolute atomic E-state index is 12.3. The van der Waals surface area contributed by atoms with Crippen LogP contribution in [-0.4, -0.2) is 18.1 Å². The van der Waals surface area contributed by atoms with Crippen molar-refractivity contribution in [3.63, 3.8) is 0 Å². The van der Waals surface area contributed by atoms with Gasteiger partial charge in [0.25, 0.3) is 5.91 Å². The highest BCUT2D eigenvalue weighted by atomic mass is 16.5. The Hall–Kier alpha value is -3.15. The smallest absolute Gasteiger partial charge is 0.279 e. The van der Waals surface area contributed by atoms with Gasteiger partial charge in [-0.2, -0.15) is 5.11 Å². The number of nitrogens with zero attached hydrogens (tertiary/aromatic N) is 2. The maximum atomic E-state index is 12.3. The van der Waals surface area contributed by atoms with Gasteiger partial charge in [0, 0.05) is 0 Å². The lowest BCUT2D eigenvalue weighted by Crippen LogP contribution is -2.15. The summed E-state index contributed by atoms with van der Waals surface area (Å²) in [6.07, 6.45) is 0. The predicted octanol–water partition coefficient (Wildman–Crippen LogP) is 4.21. The fraction of sp³-hybridized carbons (Fsp3) is 0.118. The molecule has 0 unspecified atom stereocenters. The molecule has 0 saturated carbocycles. The third kappa shape index (κ3) is 4.41. The van der Waals surface area contributed by atoms with Crippen LogP contribution in [0.2, 0.25) is 0 Å². The summed E-state index contributed by atoms with van der Waals surface area (Å²) in [4.78, 5) is 12.3. The second kappa shape index (κ2) is 7.74. The van der Waals surface area contributed by atoms with Gasteiger partial charge in [-0.05, 0) is 31.2 Å². The summed E-state index contributed by atoms with van der Waals surface area (Å²) in [5, 5.41) is 20.1. The summed E-state index contributed by atoms with van der Waals surface area (Å²) < 4.78 is 5.17. The molecule has 0 heterocycles. The van der Waals surface area contributed by atoms with Gasteiger partial charge in [-0.1, -0.05) is 30.3 Å². The molecular weight excluding hydrogens is 294 g/mol. The van der Waals surface area contributed by atoms with Crippen LogP contribution in [-0.2, 0) is 4.79 Å². The number of aliphatic hydroxyl groups excluding tert-OH is 1. The number of carbonyl (C=O) groups is 1. The number of amides is 1. The van der Waals surface area contributed by atoms with E-state index in [1.165, 1.54) is 14.0 Å². The van der Waals surface area contributed by atoms with Gasteiger partial charge in [0.15, 0.2) is 5.70 Å². The fourth-order valence-corrected chi connectivity index (χ4v) is 1.81. The molecule has 0 fully saturated rings. The van der Waals surface area contributed by atoms with Crippen molar-refractivity contribution in [2.24, 2.45) is 10.2 Å². The Labute approximate surface area is 134 Å². The summed E-state index contributed by atoms with van der Waals surface area (Å²) in [5.41, 5.74) is 0.893. The average Bonchev–Trinajstić information content (AvgIpc) is 2.56. The lowest BCUT2D eigenvalue weighted by molar-refractivity contribution is -0.113. The second-order valence-corrected chi connectivity index (χ2v) is 4.62. The molecule has 2 aromatic rings. The van der Waals surface area contributed by atoms with Crippen molar-refractivity contribution >= 4 is 17.3 Å². The van der Waals surface area contributed by atoms with E-state index in [0.29, 0.717) is 17.1 Å². The lowest BCUT2D eigenvalue weighted by Gasteiger charge is -2.09. The molecule has 0 spiro atoms. The number of aliphatic hydroxyl groups is 1. The Balaban J connectivity index is 2.20. The zero-order chi connectivity index (χ0) is 16.7. The number of carbonyl (C=O) groups excluding carboxylic acids is 1. The fourth-order valence-electron chi connectivity index (χ4n) is 1.81. The van der Waals surface area contributed by atoms with Crippen molar-refractivity contribution in [1.82, 2.24) is 0 Å². The van der Waals surface area contributed by atoms with E-state index in [0.717, 1.165) is 0 Å². The van der Waals surface area contributed by atoms with E-state index in [1.807, 2.05) is 6.07 Å². The molecule has 6 heteroatoms. The molecule has 0 aliphatic carbocycles. The van der Waals surface area contributed by atoms with Gasteiger partial charge < -0.3 is 15.2 Å². The van der Waals surface area contributed by atoms with Crippen LogP contribution in [0.3, 0.4) is 0 Å². The zero-order valence-electron chi connectivity index (χ0n) is 12.9. The number of allylic oxidation sites excluding steroid dienone is 1. The first-order valence-electron chi connectivity index (χ1n) is 6.93. The van der Waals surface area contributed by atoms with Crippen LogP contribution in [0, 0.1) is 0 Å². The standard InChI is InChI=1S/C17H17N3O3/c1-12(21)16(20-19-13-8-4-3-5-9-13)17(22)18-14-10-6-7-11-15(14)23-2/h3-11,21H,1-2H3,(H,18,22). The zero-order valence-corrected chi connectivity index (χ0v) is 12.9. The molecular formula is C17H17N3O3. The number of anilines is 1. The molecule has 23 heavy (non-hydrogen) atoms. The topological polar surface area (TPSA) is 83.3 Å². The number of benzene rings is 2. The molecule has 0 atom stereocenters. The molecule has 0 aromatic heterocycles. The van der Waals surface area contributed by atoms with Gasteiger partial charge in [-0.25, -0.2) is 0 Å². The molecule has 118 valence electrons. The lowest BCUT2D eigenvalue weighted by atomic mass is 10.2. The van der Waals surface area contributed by atoms with Crippen LogP contribution >= 0.6 is 0 Å². The number of azo groups is 1. The monoisotopic (exact) mass is 311 g/mol. The number of para-hydroxylation sites is 2. The van der Waals surface area contributed by atoms with Gasteiger partial charge in [-0.3, -0.25) is 4.79 Å². The van der Waals surface area contributed by atoms with Crippen molar-refractivity contribution < 1.29 is 14.6 Å². The van der Waals surface area contributed by atoms with Crippen LogP contribution in [0.15, 0.2) is 76.3 Å². The largest absolute Gasteiger partial charge is 0.510 e. The first-order valence-corrected chi connectivity index (χ1v) is 6.93. The Bertz CT molecular complexity index is 736. The van der Waals surface area contributed by atoms with Gasteiger partial charge in [0.05, 0.1) is 18.5 Å². The molecule has 1 amide bonds. The molecule has 0 radical (unpaired) electrons. The number of ether oxygens (including phenoxy) is 1. The van der Waals surface area contributed by atoms with Gasteiger partial charge >= 0.3 is 0 Å². The van der Waals surface area contributed by atoms with Gasteiger partial charge in [0.1, 0.15) is 11.5 Å². The number of hydrogen-bond acceptors (Lipinski definition) is 5. The Morgan fingerprint density at radius 1 is 1.09 bits per heavy atom. The maximum Gasteiger partial charge on any atom is 0.279 e. The molecule has 6 nitrogen and oxygen atoms in total. The molecule has 2 rings (SSSR count). The van der Waals surface area contributed by atoms with E-state index in [4.69, 9.17) is 4.74 Å². The third-order valence-electron chi connectivity index (χ3n) is 2.93. The van der Waals surface area contributed by atoms with E-state index in [-0.39, 0.29) is 11.5 Å². The van der Waals surface area contributed by atoms with E-state index in [1.54, 1.807) is 48.5 Å². The van der Waals surface area contributed by atoms with Crippen molar-refractivity contribution in [3.05, 3.63) is 66.1 Å². The molecule has 0 aliphatic heterocycles. The highest BCUT2D eigenvalue weighted by Gasteiger charge is 2.15. The van der Waals surface area contributed by atoms with Crippen LogP contribution in [0.4, 0.5) is 11.4 Å². The number of hydrogen-bond donors (Lipinski definition) is 2. The number of methoxy groups -OCH3 is 1. The Kier molecular flexibility index (Phi) is 5.46. The minimum atomic E-state index is -0.575. The van der Waals surface area contributed by atoms with E-state index < -0.39 is 5.91 Å².